The zero-order valence-corrected chi connectivity index (χ0v) is 13.6. The molecule has 124 valence electrons. The van der Waals surface area contributed by atoms with Crippen molar-refractivity contribution in [2.45, 2.75) is 0 Å². The van der Waals surface area contributed by atoms with E-state index in [-0.39, 0.29) is 5.91 Å². The molecule has 1 aliphatic heterocycles. The average molecular weight is 323 g/mol. The second kappa shape index (κ2) is 7.64. The van der Waals surface area contributed by atoms with Crippen LogP contribution < -0.4 is 9.64 Å². The van der Waals surface area contributed by atoms with E-state index in [1.807, 2.05) is 41.3 Å². The Balaban J connectivity index is 1.62. The summed E-state index contributed by atoms with van der Waals surface area (Å²) >= 11 is 0. The maximum Gasteiger partial charge on any atom is 0.254 e. The quantitative estimate of drug-likeness (QED) is 0.794. The molecule has 5 nitrogen and oxygen atoms in total. The molecule has 0 bridgehead atoms. The van der Waals surface area contributed by atoms with Crippen LogP contribution in [0.15, 0.2) is 61.3 Å². The van der Waals surface area contributed by atoms with Gasteiger partial charge in [0.15, 0.2) is 0 Å². The number of hydrogen-bond acceptors (Lipinski definition) is 4. The second-order valence-electron chi connectivity index (χ2n) is 5.59. The average Bonchev–Trinajstić information content (AvgIpc) is 2.67. The van der Waals surface area contributed by atoms with Crippen LogP contribution in [0.3, 0.4) is 0 Å². The predicted molar refractivity (Wildman–Crippen MR) is 94.5 cm³/mol. The number of rotatable bonds is 5. The van der Waals surface area contributed by atoms with E-state index in [0.717, 1.165) is 18.9 Å². The van der Waals surface area contributed by atoms with E-state index in [2.05, 4.69) is 16.5 Å². The maximum absolute atomic E-state index is 12.7. The summed E-state index contributed by atoms with van der Waals surface area (Å²) in [5.74, 6) is 1.69. The van der Waals surface area contributed by atoms with E-state index < -0.39 is 0 Å². The number of anilines is 1. The smallest absolute Gasteiger partial charge is 0.254 e. The van der Waals surface area contributed by atoms with Crippen LogP contribution in [-0.2, 0) is 0 Å². The second-order valence-corrected chi connectivity index (χ2v) is 5.59. The van der Waals surface area contributed by atoms with E-state index in [0.29, 0.717) is 31.0 Å². The fraction of sp³-hybridized carbons (Fsp3) is 0.263. The summed E-state index contributed by atoms with van der Waals surface area (Å²) in [7, 11) is 0. The lowest BCUT2D eigenvalue weighted by Crippen LogP contribution is -2.49. The summed E-state index contributed by atoms with van der Waals surface area (Å²) in [5, 5.41) is 0. The summed E-state index contributed by atoms with van der Waals surface area (Å²) in [6.07, 6.45) is 3.48. The van der Waals surface area contributed by atoms with Crippen molar-refractivity contribution in [3.05, 3.63) is 66.9 Å². The van der Waals surface area contributed by atoms with Gasteiger partial charge in [-0.2, -0.15) is 0 Å². The molecule has 0 spiro atoms. The van der Waals surface area contributed by atoms with Crippen LogP contribution in [0.25, 0.3) is 0 Å². The van der Waals surface area contributed by atoms with Crippen LogP contribution in [0.4, 0.5) is 5.82 Å². The number of pyridine rings is 1. The summed E-state index contributed by atoms with van der Waals surface area (Å²) < 4.78 is 5.50. The Hall–Kier alpha value is -2.82. The van der Waals surface area contributed by atoms with Gasteiger partial charge in [0.05, 0.1) is 0 Å². The van der Waals surface area contributed by atoms with Crippen molar-refractivity contribution < 1.29 is 9.53 Å². The van der Waals surface area contributed by atoms with Gasteiger partial charge in [0, 0.05) is 37.9 Å². The van der Waals surface area contributed by atoms with Gasteiger partial charge in [0.1, 0.15) is 18.2 Å². The van der Waals surface area contributed by atoms with Gasteiger partial charge in [-0.25, -0.2) is 4.98 Å². The van der Waals surface area contributed by atoms with Gasteiger partial charge in [-0.3, -0.25) is 4.79 Å². The van der Waals surface area contributed by atoms with Crippen molar-refractivity contribution >= 4 is 11.7 Å². The first-order chi connectivity index (χ1) is 11.8. The van der Waals surface area contributed by atoms with E-state index in [1.165, 1.54) is 0 Å². The number of aromatic nitrogens is 1. The van der Waals surface area contributed by atoms with Gasteiger partial charge >= 0.3 is 0 Å². The Morgan fingerprint density at radius 3 is 2.71 bits per heavy atom. The molecule has 1 aromatic carbocycles. The van der Waals surface area contributed by atoms with Crippen molar-refractivity contribution in [3.63, 3.8) is 0 Å². The highest BCUT2D eigenvalue weighted by Crippen LogP contribution is 2.17. The van der Waals surface area contributed by atoms with Crippen molar-refractivity contribution in [1.29, 1.82) is 0 Å². The molecule has 0 unspecified atom stereocenters. The standard InChI is InChI=1S/C19H21N3O2/c1-2-14-24-17-7-5-6-16(15-17)19(23)22-12-10-21(11-13-22)18-8-3-4-9-20-18/h2-9,15H,1,10-14H2. The summed E-state index contributed by atoms with van der Waals surface area (Å²) in [6, 6.07) is 13.2. The number of carbonyl (C=O) groups is 1. The van der Waals surface area contributed by atoms with Crippen LogP contribution in [0.2, 0.25) is 0 Å². The number of amides is 1. The van der Waals surface area contributed by atoms with Gasteiger partial charge in [0.25, 0.3) is 5.91 Å². The van der Waals surface area contributed by atoms with Crippen LogP contribution >= 0.6 is 0 Å². The highest BCUT2D eigenvalue weighted by Gasteiger charge is 2.22. The molecular formula is C19H21N3O2. The fourth-order valence-corrected chi connectivity index (χ4v) is 2.74. The van der Waals surface area contributed by atoms with E-state index in [1.54, 1.807) is 18.3 Å². The molecule has 1 aliphatic rings. The lowest BCUT2D eigenvalue weighted by atomic mass is 10.1. The minimum Gasteiger partial charge on any atom is -0.490 e. The van der Waals surface area contributed by atoms with E-state index >= 15 is 0 Å². The van der Waals surface area contributed by atoms with Crippen molar-refractivity contribution in [3.8, 4) is 5.75 Å². The van der Waals surface area contributed by atoms with Crippen molar-refractivity contribution in [1.82, 2.24) is 9.88 Å². The molecular weight excluding hydrogens is 302 g/mol. The molecule has 0 aliphatic carbocycles. The molecule has 2 aromatic rings. The fourth-order valence-electron chi connectivity index (χ4n) is 2.74. The van der Waals surface area contributed by atoms with Crippen LogP contribution in [-0.4, -0.2) is 48.6 Å². The number of benzene rings is 1. The lowest BCUT2D eigenvalue weighted by molar-refractivity contribution is 0.0746. The topological polar surface area (TPSA) is 45.7 Å². The van der Waals surface area contributed by atoms with Gasteiger partial charge in [-0.15, -0.1) is 0 Å². The molecule has 1 fully saturated rings. The first-order valence-electron chi connectivity index (χ1n) is 8.07. The number of carbonyl (C=O) groups excluding carboxylic acids is 1. The maximum atomic E-state index is 12.7. The molecule has 1 aromatic heterocycles. The number of piperazine rings is 1. The summed E-state index contributed by atoms with van der Waals surface area (Å²) in [6.45, 7) is 7.01. The zero-order chi connectivity index (χ0) is 16.8. The molecule has 24 heavy (non-hydrogen) atoms. The third-order valence-corrected chi connectivity index (χ3v) is 3.99. The summed E-state index contributed by atoms with van der Waals surface area (Å²) in [5.41, 5.74) is 0.655. The first-order valence-corrected chi connectivity index (χ1v) is 8.07. The monoisotopic (exact) mass is 323 g/mol. The summed E-state index contributed by atoms with van der Waals surface area (Å²) in [4.78, 5) is 21.1. The SMILES string of the molecule is C=CCOc1cccc(C(=O)N2CCN(c3ccccn3)CC2)c1. The Morgan fingerprint density at radius 2 is 2.00 bits per heavy atom. The van der Waals surface area contributed by atoms with Gasteiger partial charge in [-0.1, -0.05) is 24.8 Å². The zero-order valence-electron chi connectivity index (χ0n) is 13.6. The molecule has 3 rings (SSSR count). The van der Waals surface area contributed by atoms with Gasteiger partial charge in [-0.05, 0) is 30.3 Å². The van der Waals surface area contributed by atoms with Crippen LogP contribution in [0, 0.1) is 0 Å². The normalized spacial score (nSPS) is 14.3. The molecule has 0 atom stereocenters. The Labute approximate surface area is 142 Å². The highest BCUT2D eigenvalue weighted by molar-refractivity contribution is 5.94. The minimum absolute atomic E-state index is 0.0414. The van der Waals surface area contributed by atoms with Gasteiger partial charge < -0.3 is 14.5 Å². The lowest BCUT2D eigenvalue weighted by Gasteiger charge is -2.35. The van der Waals surface area contributed by atoms with Crippen molar-refractivity contribution in [2.75, 3.05) is 37.7 Å². The van der Waals surface area contributed by atoms with Crippen LogP contribution in [0.1, 0.15) is 10.4 Å². The van der Waals surface area contributed by atoms with Crippen LogP contribution in [0.5, 0.6) is 5.75 Å². The molecule has 0 radical (unpaired) electrons. The number of nitrogens with zero attached hydrogens (tertiary/aromatic N) is 3. The predicted octanol–water partition coefficient (Wildman–Crippen LogP) is 2.61. The third kappa shape index (κ3) is 3.74. The van der Waals surface area contributed by atoms with E-state index in [9.17, 15) is 4.79 Å². The largest absolute Gasteiger partial charge is 0.490 e. The molecule has 5 heteroatoms. The molecule has 1 amide bonds. The van der Waals surface area contributed by atoms with E-state index in [4.69, 9.17) is 4.74 Å². The third-order valence-electron chi connectivity index (χ3n) is 3.99. The number of ether oxygens (including phenoxy) is 1. The number of hydrogen-bond donors (Lipinski definition) is 0. The van der Waals surface area contributed by atoms with Crippen molar-refractivity contribution in [2.24, 2.45) is 0 Å². The Kier molecular flexibility index (Phi) is 5.11. The Bertz CT molecular complexity index is 695. The Morgan fingerprint density at radius 1 is 1.17 bits per heavy atom. The molecule has 1 saturated heterocycles. The van der Waals surface area contributed by atoms with Gasteiger partial charge in [0.2, 0.25) is 0 Å². The molecule has 0 saturated carbocycles. The first kappa shape index (κ1) is 16.1. The molecule has 0 N–H and O–H groups in total. The molecule has 2 heterocycles. The highest BCUT2D eigenvalue weighted by atomic mass is 16.5. The minimum atomic E-state index is 0.0414.